The van der Waals surface area contributed by atoms with Gasteiger partial charge in [-0.3, -0.25) is 0 Å². The average molecular weight is 389 g/mol. The van der Waals surface area contributed by atoms with Crippen LogP contribution in [0.3, 0.4) is 0 Å². The average Bonchev–Trinajstić information content (AvgIpc) is 3.15. The molecule has 1 heterocycles. The highest BCUT2D eigenvalue weighted by Crippen LogP contribution is 2.40. The van der Waals surface area contributed by atoms with Gasteiger partial charge < -0.3 is 9.80 Å². The predicted octanol–water partition coefficient (Wildman–Crippen LogP) is 7.63. The second-order valence-corrected chi connectivity index (χ2v) is 9.20. The van der Waals surface area contributed by atoms with Crippen LogP contribution in [0.2, 0.25) is 0 Å². The van der Waals surface area contributed by atoms with E-state index in [2.05, 4.69) is 107 Å². The first-order valence-corrected chi connectivity index (χ1v) is 10.9. The van der Waals surface area contributed by atoms with Gasteiger partial charge >= 0.3 is 0 Å². The molecule has 0 saturated heterocycles. The van der Waals surface area contributed by atoms with Crippen LogP contribution in [0, 0.1) is 6.92 Å². The van der Waals surface area contributed by atoms with Gasteiger partial charge in [-0.25, -0.2) is 0 Å². The first-order chi connectivity index (χ1) is 13.7. The zero-order valence-electron chi connectivity index (χ0n) is 19.1. The lowest BCUT2D eigenvalue weighted by Crippen LogP contribution is -2.28. The highest BCUT2D eigenvalue weighted by molar-refractivity contribution is 5.70. The van der Waals surface area contributed by atoms with Gasteiger partial charge in [-0.15, -0.1) is 0 Å². The van der Waals surface area contributed by atoms with Gasteiger partial charge in [0.25, 0.3) is 0 Å². The van der Waals surface area contributed by atoms with Crippen molar-refractivity contribution in [3.8, 4) is 0 Å². The summed E-state index contributed by atoms with van der Waals surface area (Å²) in [5.74, 6) is 1.41. The van der Waals surface area contributed by atoms with E-state index in [0.29, 0.717) is 17.8 Å². The maximum Gasteiger partial charge on any atom is 0.0989 e. The number of nitrogens with zero attached hydrogens (tertiary/aromatic N) is 2. The van der Waals surface area contributed by atoms with E-state index in [1.807, 2.05) is 0 Å². The number of hydrogen-bond donors (Lipinski definition) is 0. The molecule has 0 aromatic heterocycles. The van der Waals surface area contributed by atoms with Crippen LogP contribution >= 0.6 is 0 Å². The monoisotopic (exact) mass is 388 g/mol. The van der Waals surface area contributed by atoms with Gasteiger partial charge in [0.05, 0.1) is 6.67 Å². The molecular formula is C27H36N2. The number of para-hydroxylation sites is 2. The second kappa shape index (κ2) is 8.65. The lowest BCUT2D eigenvalue weighted by molar-refractivity contribution is 0.810. The summed E-state index contributed by atoms with van der Waals surface area (Å²) in [7, 11) is 0. The fourth-order valence-corrected chi connectivity index (χ4v) is 4.30. The summed E-state index contributed by atoms with van der Waals surface area (Å²) in [6.07, 6.45) is 4.45. The van der Waals surface area contributed by atoms with Gasteiger partial charge in [0, 0.05) is 23.8 Å². The van der Waals surface area contributed by atoms with Crippen LogP contribution in [0.5, 0.6) is 0 Å². The summed E-state index contributed by atoms with van der Waals surface area (Å²) in [4.78, 5) is 4.78. The molecule has 29 heavy (non-hydrogen) atoms. The van der Waals surface area contributed by atoms with E-state index >= 15 is 0 Å². The number of rotatable bonds is 6. The normalized spacial score (nSPS) is 14.3. The molecule has 0 N–H and O–H groups in total. The number of anilines is 2. The first-order valence-electron chi connectivity index (χ1n) is 10.9. The molecule has 3 rings (SSSR count). The minimum absolute atomic E-state index is 0.000301. The third-order valence-electron chi connectivity index (χ3n) is 5.86. The third kappa shape index (κ3) is 4.22. The topological polar surface area (TPSA) is 6.48 Å². The standard InChI is InChI=1S/C27H36N2/c1-18(2)22-11-9-12-23(19(3)4)26(22)28-15-16-29(17-28)27-24(20(5)6)13-10-14-25(27)21(7)8/h1,9-16,18-21H,17H2,2-8H3. The van der Waals surface area contributed by atoms with Gasteiger partial charge in [0.2, 0.25) is 0 Å². The minimum Gasteiger partial charge on any atom is -0.327 e. The molecular weight excluding hydrogens is 352 g/mol. The molecule has 1 unspecified atom stereocenters. The highest BCUT2D eigenvalue weighted by Gasteiger charge is 2.26. The van der Waals surface area contributed by atoms with E-state index in [-0.39, 0.29) is 5.92 Å². The van der Waals surface area contributed by atoms with Crippen molar-refractivity contribution >= 4 is 11.4 Å². The Bertz CT molecular complexity index is 750. The molecule has 0 amide bonds. The third-order valence-corrected chi connectivity index (χ3v) is 5.86. The largest absolute Gasteiger partial charge is 0.327 e. The Hall–Kier alpha value is -2.22. The van der Waals surface area contributed by atoms with E-state index < -0.39 is 0 Å². The van der Waals surface area contributed by atoms with Crippen molar-refractivity contribution in [3.05, 3.63) is 78.0 Å². The molecule has 2 radical (unpaired) electrons. The molecule has 1 aliphatic heterocycles. The molecule has 0 aliphatic carbocycles. The van der Waals surface area contributed by atoms with Crippen molar-refractivity contribution in [3.63, 3.8) is 0 Å². The van der Waals surface area contributed by atoms with Crippen LogP contribution in [-0.4, -0.2) is 6.67 Å². The molecule has 154 valence electrons. The summed E-state index contributed by atoms with van der Waals surface area (Å²) in [6.45, 7) is 22.9. The maximum atomic E-state index is 6.36. The number of benzene rings is 2. The van der Waals surface area contributed by atoms with Crippen LogP contribution in [-0.2, 0) is 0 Å². The molecule has 1 atom stereocenters. The van der Waals surface area contributed by atoms with Crippen LogP contribution in [0.25, 0.3) is 0 Å². The lowest BCUT2D eigenvalue weighted by Gasteiger charge is -2.31. The van der Waals surface area contributed by atoms with E-state index in [4.69, 9.17) is 6.92 Å². The molecule has 0 spiro atoms. The predicted molar refractivity (Wildman–Crippen MR) is 127 cm³/mol. The first kappa shape index (κ1) is 21.5. The van der Waals surface area contributed by atoms with Gasteiger partial charge in [-0.05, 0) is 52.8 Å². The Morgan fingerprint density at radius 2 is 0.966 bits per heavy atom. The molecule has 0 fully saturated rings. The van der Waals surface area contributed by atoms with Crippen molar-refractivity contribution in [1.29, 1.82) is 0 Å². The lowest BCUT2D eigenvalue weighted by atomic mass is 9.91. The molecule has 2 heteroatoms. The molecule has 2 aromatic carbocycles. The van der Waals surface area contributed by atoms with E-state index in [1.165, 1.54) is 33.6 Å². The fourth-order valence-electron chi connectivity index (χ4n) is 4.30. The van der Waals surface area contributed by atoms with Crippen molar-refractivity contribution in [2.75, 3.05) is 16.5 Å². The Balaban J connectivity index is 2.05. The van der Waals surface area contributed by atoms with E-state index in [1.54, 1.807) is 0 Å². The quantitative estimate of drug-likeness (QED) is 0.502. The molecule has 0 bridgehead atoms. The Kier molecular flexibility index (Phi) is 6.41. The van der Waals surface area contributed by atoms with Crippen LogP contribution in [0.15, 0.2) is 48.8 Å². The highest BCUT2D eigenvalue weighted by atomic mass is 15.3. The van der Waals surface area contributed by atoms with Crippen LogP contribution in [0.4, 0.5) is 11.4 Å². The Morgan fingerprint density at radius 3 is 1.31 bits per heavy atom. The van der Waals surface area contributed by atoms with Crippen LogP contribution in [0.1, 0.15) is 94.4 Å². The summed E-state index contributed by atoms with van der Waals surface area (Å²) < 4.78 is 0. The van der Waals surface area contributed by atoms with E-state index in [0.717, 1.165) is 6.67 Å². The SMILES string of the molecule is [CH]C(C)c1cccc(C(C)C)c1N1C=CN(c2c(C(C)C)cccc2C(C)C)C1. The van der Waals surface area contributed by atoms with Crippen molar-refractivity contribution < 1.29 is 0 Å². The number of hydrogen-bond acceptors (Lipinski definition) is 2. The maximum absolute atomic E-state index is 6.36. The fraction of sp³-hybridized carbons (Fsp3) is 0.444. The summed E-state index contributed by atoms with van der Waals surface area (Å²) in [5.41, 5.74) is 8.01. The summed E-state index contributed by atoms with van der Waals surface area (Å²) in [6, 6.07) is 13.3. The van der Waals surface area contributed by atoms with Gasteiger partial charge in [-0.2, -0.15) is 0 Å². The summed E-state index contributed by atoms with van der Waals surface area (Å²) in [5, 5.41) is 0. The minimum atomic E-state index is 0.000301. The molecule has 0 saturated carbocycles. The summed E-state index contributed by atoms with van der Waals surface area (Å²) >= 11 is 0. The van der Waals surface area contributed by atoms with Crippen LogP contribution < -0.4 is 9.80 Å². The second-order valence-electron chi connectivity index (χ2n) is 9.20. The van der Waals surface area contributed by atoms with Gasteiger partial charge in [0.15, 0.2) is 0 Å². The van der Waals surface area contributed by atoms with Crippen molar-refractivity contribution in [2.24, 2.45) is 0 Å². The zero-order valence-corrected chi connectivity index (χ0v) is 19.1. The molecule has 1 aliphatic rings. The van der Waals surface area contributed by atoms with Gasteiger partial charge in [-0.1, -0.05) is 84.9 Å². The van der Waals surface area contributed by atoms with Crippen molar-refractivity contribution in [1.82, 2.24) is 0 Å². The van der Waals surface area contributed by atoms with Gasteiger partial charge in [0.1, 0.15) is 0 Å². The van der Waals surface area contributed by atoms with Crippen molar-refractivity contribution in [2.45, 2.75) is 72.1 Å². The molecule has 2 aromatic rings. The smallest absolute Gasteiger partial charge is 0.0989 e. The molecule has 2 nitrogen and oxygen atoms in total. The Labute approximate surface area is 178 Å². The van der Waals surface area contributed by atoms with E-state index in [9.17, 15) is 0 Å². The zero-order chi connectivity index (χ0) is 21.3. The Morgan fingerprint density at radius 1 is 0.621 bits per heavy atom.